The number of piperidine rings is 1. The molecule has 4 nitrogen and oxygen atoms in total. The number of fused-ring (bicyclic) bond motifs is 1. The van der Waals surface area contributed by atoms with Crippen LogP contribution in [0.5, 0.6) is 0 Å². The maximum Gasteiger partial charge on any atom is 0.173 e. The zero-order chi connectivity index (χ0) is 19.8. The molecular formula is C23H28N4S. The molecule has 28 heavy (non-hydrogen) atoms. The molecule has 0 saturated carbocycles. The largest absolute Gasteiger partial charge is 0.348 e. The van der Waals surface area contributed by atoms with Crippen molar-refractivity contribution in [3.8, 4) is 0 Å². The number of rotatable bonds is 2. The monoisotopic (exact) mass is 392 g/mol. The molecule has 0 radical (unpaired) electrons. The molecule has 2 aromatic carbocycles. The molecule has 1 unspecified atom stereocenters. The molecule has 2 N–H and O–H groups in total. The van der Waals surface area contributed by atoms with Crippen LogP contribution in [-0.2, 0) is 0 Å². The second-order valence-corrected chi connectivity index (χ2v) is 8.43. The van der Waals surface area contributed by atoms with E-state index in [9.17, 15) is 0 Å². The standard InChI is InChI=1S/C23H28N4S/c1-14-7-5-9-19(17(14)4)26-23(28)27-10-6-8-18(13-27)22-24-20-11-15(2)16(3)12-21(20)25-22/h5,7,9,11-12,18H,6,8,10,13H2,1-4H3,(H,24,25)(H,26,28). The van der Waals surface area contributed by atoms with Crippen molar-refractivity contribution < 1.29 is 0 Å². The van der Waals surface area contributed by atoms with Crippen molar-refractivity contribution >= 4 is 34.1 Å². The summed E-state index contributed by atoms with van der Waals surface area (Å²) in [6.45, 7) is 10.4. The van der Waals surface area contributed by atoms with Gasteiger partial charge in [0.15, 0.2) is 5.11 Å². The SMILES string of the molecule is Cc1cc2nc(C3CCCN(C(=S)Nc4cccc(C)c4C)C3)[nH]c2cc1C. The third-order valence-electron chi connectivity index (χ3n) is 6.06. The van der Waals surface area contributed by atoms with Crippen molar-refractivity contribution in [1.29, 1.82) is 0 Å². The van der Waals surface area contributed by atoms with Gasteiger partial charge in [-0.2, -0.15) is 0 Å². The van der Waals surface area contributed by atoms with Gasteiger partial charge in [0.2, 0.25) is 0 Å². The smallest absolute Gasteiger partial charge is 0.173 e. The van der Waals surface area contributed by atoms with Crippen LogP contribution in [0.2, 0.25) is 0 Å². The third kappa shape index (κ3) is 3.63. The lowest BCUT2D eigenvalue weighted by molar-refractivity contribution is 0.307. The van der Waals surface area contributed by atoms with E-state index in [-0.39, 0.29) is 0 Å². The number of nitrogens with zero attached hydrogens (tertiary/aromatic N) is 2. The lowest BCUT2D eigenvalue weighted by Crippen LogP contribution is -2.41. The molecule has 3 aromatic rings. The summed E-state index contributed by atoms with van der Waals surface area (Å²) in [5.74, 6) is 1.46. The van der Waals surface area contributed by atoms with Gasteiger partial charge in [-0.1, -0.05) is 12.1 Å². The molecule has 1 aliphatic heterocycles. The molecule has 1 fully saturated rings. The van der Waals surface area contributed by atoms with Gasteiger partial charge in [0, 0.05) is 24.7 Å². The lowest BCUT2D eigenvalue weighted by atomic mass is 9.98. The molecule has 0 aliphatic carbocycles. The van der Waals surface area contributed by atoms with Gasteiger partial charge < -0.3 is 15.2 Å². The minimum absolute atomic E-state index is 0.375. The Balaban J connectivity index is 1.51. The van der Waals surface area contributed by atoms with Crippen LogP contribution < -0.4 is 5.32 Å². The minimum atomic E-state index is 0.375. The molecule has 146 valence electrons. The number of hydrogen-bond acceptors (Lipinski definition) is 2. The van der Waals surface area contributed by atoms with E-state index in [4.69, 9.17) is 17.2 Å². The van der Waals surface area contributed by atoms with Crippen molar-refractivity contribution in [2.75, 3.05) is 18.4 Å². The first-order valence-corrected chi connectivity index (χ1v) is 10.4. The topological polar surface area (TPSA) is 44.0 Å². The Kier molecular flexibility index (Phi) is 5.11. The molecular weight excluding hydrogens is 364 g/mol. The molecule has 0 bridgehead atoms. The summed E-state index contributed by atoms with van der Waals surface area (Å²) in [5.41, 5.74) is 8.40. The molecule has 4 rings (SSSR count). The number of imidazole rings is 1. The van der Waals surface area contributed by atoms with Crippen molar-refractivity contribution in [1.82, 2.24) is 14.9 Å². The number of aryl methyl sites for hydroxylation is 3. The average molecular weight is 393 g/mol. The predicted molar refractivity (Wildman–Crippen MR) is 121 cm³/mol. The first kappa shape index (κ1) is 18.9. The minimum Gasteiger partial charge on any atom is -0.348 e. The number of benzene rings is 2. The van der Waals surface area contributed by atoms with Gasteiger partial charge >= 0.3 is 0 Å². The Labute approximate surface area is 172 Å². The molecule has 5 heteroatoms. The highest BCUT2D eigenvalue weighted by Crippen LogP contribution is 2.28. The molecule has 0 spiro atoms. The Morgan fingerprint density at radius 2 is 1.93 bits per heavy atom. The molecule has 2 heterocycles. The Hall–Kier alpha value is -2.40. The fourth-order valence-electron chi connectivity index (χ4n) is 3.95. The van der Waals surface area contributed by atoms with Gasteiger partial charge in [0.05, 0.1) is 11.0 Å². The fourth-order valence-corrected chi connectivity index (χ4v) is 4.22. The molecule has 0 amide bonds. The van der Waals surface area contributed by atoms with Crippen LogP contribution in [0.25, 0.3) is 11.0 Å². The first-order chi connectivity index (χ1) is 13.4. The molecule has 1 aromatic heterocycles. The number of nitrogens with one attached hydrogen (secondary N) is 2. The number of aromatic nitrogens is 2. The number of thiocarbonyl (C=S) groups is 1. The second-order valence-electron chi connectivity index (χ2n) is 8.04. The summed E-state index contributed by atoms with van der Waals surface area (Å²) in [5, 5.41) is 4.27. The van der Waals surface area contributed by atoms with Gasteiger partial charge in [0.25, 0.3) is 0 Å². The number of aromatic amines is 1. The van der Waals surface area contributed by atoms with E-state index in [0.29, 0.717) is 5.92 Å². The van der Waals surface area contributed by atoms with Gasteiger partial charge in [-0.25, -0.2) is 4.98 Å². The van der Waals surface area contributed by atoms with Gasteiger partial charge in [-0.15, -0.1) is 0 Å². The van der Waals surface area contributed by atoms with E-state index in [1.807, 2.05) is 0 Å². The van der Waals surface area contributed by atoms with E-state index in [0.717, 1.165) is 53.6 Å². The summed E-state index contributed by atoms with van der Waals surface area (Å²) < 4.78 is 0. The lowest BCUT2D eigenvalue weighted by Gasteiger charge is -2.34. The maximum atomic E-state index is 5.74. The van der Waals surface area contributed by atoms with Crippen LogP contribution in [0.3, 0.4) is 0 Å². The van der Waals surface area contributed by atoms with Crippen molar-refractivity contribution in [2.24, 2.45) is 0 Å². The van der Waals surface area contributed by atoms with Crippen LogP contribution in [0, 0.1) is 27.7 Å². The molecule has 1 saturated heterocycles. The first-order valence-electron chi connectivity index (χ1n) is 10.0. The summed E-state index contributed by atoms with van der Waals surface area (Å²) >= 11 is 5.74. The number of H-pyrrole nitrogens is 1. The van der Waals surface area contributed by atoms with Crippen LogP contribution in [0.15, 0.2) is 30.3 Å². The highest BCUT2D eigenvalue weighted by molar-refractivity contribution is 7.80. The van der Waals surface area contributed by atoms with Gasteiger partial charge in [-0.3, -0.25) is 0 Å². The fraction of sp³-hybridized carbons (Fsp3) is 0.391. The maximum absolute atomic E-state index is 5.74. The van der Waals surface area contributed by atoms with Crippen molar-refractivity contribution in [3.05, 3.63) is 58.4 Å². The highest BCUT2D eigenvalue weighted by atomic mass is 32.1. The third-order valence-corrected chi connectivity index (χ3v) is 6.42. The summed E-state index contributed by atoms with van der Waals surface area (Å²) in [4.78, 5) is 10.7. The normalized spacial score (nSPS) is 17.1. The van der Waals surface area contributed by atoms with Crippen LogP contribution in [0.4, 0.5) is 5.69 Å². The van der Waals surface area contributed by atoms with E-state index in [1.54, 1.807) is 0 Å². The molecule has 1 atom stereocenters. The van der Waals surface area contributed by atoms with Crippen molar-refractivity contribution in [3.63, 3.8) is 0 Å². The Morgan fingerprint density at radius 3 is 2.75 bits per heavy atom. The zero-order valence-corrected chi connectivity index (χ0v) is 17.9. The van der Waals surface area contributed by atoms with E-state index < -0.39 is 0 Å². The number of likely N-dealkylation sites (tertiary alicyclic amines) is 1. The van der Waals surface area contributed by atoms with E-state index in [2.05, 4.69) is 73.2 Å². The average Bonchev–Trinajstić information content (AvgIpc) is 3.08. The summed E-state index contributed by atoms with van der Waals surface area (Å²) in [6, 6.07) is 10.7. The number of anilines is 1. The summed E-state index contributed by atoms with van der Waals surface area (Å²) in [7, 11) is 0. The molecule has 1 aliphatic rings. The predicted octanol–water partition coefficient (Wildman–Crippen LogP) is 5.37. The quantitative estimate of drug-likeness (QED) is 0.575. The van der Waals surface area contributed by atoms with Gasteiger partial charge in [0.1, 0.15) is 5.82 Å². The van der Waals surface area contributed by atoms with Gasteiger partial charge in [-0.05, 0) is 93.2 Å². The van der Waals surface area contributed by atoms with Crippen LogP contribution in [-0.4, -0.2) is 33.1 Å². The van der Waals surface area contributed by atoms with Crippen LogP contribution >= 0.6 is 12.2 Å². The van der Waals surface area contributed by atoms with Crippen LogP contribution in [0.1, 0.15) is 46.8 Å². The van der Waals surface area contributed by atoms with Crippen molar-refractivity contribution in [2.45, 2.75) is 46.5 Å². The van der Waals surface area contributed by atoms with E-state index >= 15 is 0 Å². The highest BCUT2D eigenvalue weighted by Gasteiger charge is 2.25. The van der Waals surface area contributed by atoms with E-state index in [1.165, 1.54) is 22.3 Å². The summed E-state index contributed by atoms with van der Waals surface area (Å²) in [6.07, 6.45) is 2.26. The number of hydrogen-bond donors (Lipinski definition) is 2. The Bertz CT molecular complexity index is 998. The Morgan fingerprint density at radius 1 is 1.14 bits per heavy atom. The second kappa shape index (κ2) is 7.55. The zero-order valence-electron chi connectivity index (χ0n) is 17.1.